The third-order valence-corrected chi connectivity index (χ3v) is 1.92. The van der Waals surface area contributed by atoms with Crippen LogP contribution in [0.1, 0.15) is 0 Å². The van der Waals surface area contributed by atoms with Crippen molar-refractivity contribution in [3.05, 3.63) is 0 Å². The first-order valence-corrected chi connectivity index (χ1v) is 3.67. The Morgan fingerprint density at radius 3 is 2.09 bits per heavy atom. The number of aliphatic hydroxyl groups is 2. The summed E-state index contributed by atoms with van der Waals surface area (Å²) in [6, 6.07) is 0. The van der Waals surface area contributed by atoms with Gasteiger partial charge in [0.25, 0.3) is 0 Å². The molecule has 1 aliphatic heterocycles. The molecule has 0 radical (unpaired) electrons. The van der Waals surface area contributed by atoms with E-state index in [2.05, 4.69) is 0 Å². The quantitative estimate of drug-likeness (QED) is 0.515. The van der Waals surface area contributed by atoms with Crippen LogP contribution in [0.3, 0.4) is 0 Å². The van der Waals surface area contributed by atoms with Gasteiger partial charge in [-0.15, -0.1) is 0 Å². The van der Waals surface area contributed by atoms with Crippen LogP contribution in [-0.4, -0.2) is 43.8 Å². The predicted molar refractivity (Wildman–Crippen MR) is 40.1 cm³/mol. The summed E-state index contributed by atoms with van der Waals surface area (Å²) in [5.41, 5.74) is -0.591. The second kappa shape index (κ2) is 3.54. The van der Waals surface area contributed by atoms with E-state index >= 15 is 0 Å². The summed E-state index contributed by atoms with van der Waals surface area (Å²) in [6.07, 6.45) is 0. The molecule has 1 rings (SSSR count). The molecule has 5 heteroatoms. The lowest BCUT2D eigenvalue weighted by atomic mass is 9.85. The van der Waals surface area contributed by atoms with Crippen LogP contribution in [0.5, 0.6) is 0 Å². The molecule has 0 aliphatic carbocycles. The molecular formula is C6H13BO4. The average Bonchev–Trinajstić information content (AvgIpc) is 2.07. The van der Waals surface area contributed by atoms with Crippen LogP contribution in [0.15, 0.2) is 0 Å². The van der Waals surface area contributed by atoms with Gasteiger partial charge < -0.3 is 19.5 Å². The van der Waals surface area contributed by atoms with Crippen molar-refractivity contribution in [2.45, 2.75) is 6.82 Å². The van der Waals surface area contributed by atoms with E-state index in [-0.39, 0.29) is 20.3 Å². The van der Waals surface area contributed by atoms with Crippen molar-refractivity contribution in [1.29, 1.82) is 0 Å². The van der Waals surface area contributed by atoms with Gasteiger partial charge in [-0.05, 0) is 6.82 Å². The average molecular weight is 160 g/mol. The van der Waals surface area contributed by atoms with Gasteiger partial charge in [-0.1, -0.05) is 0 Å². The van der Waals surface area contributed by atoms with Crippen LogP contribution in [0.2, 0.25) is 6.82 Å². The summed E-state index contributed by atoms with van der Waals surface area (Å²) in [7, 11) is -0.221. The van der Waals surface area contributed by atoms with Crippen molar-refractivity contribution >= 4 is 7.12 Å². The largest absolute Gasteiger partial charge is 0.453 e. The van der Waals surface area contributed by atoms with Gasteiger partial charge in [0, 0.05) is 13.2 Å². The Hall–Kier alpha value is -0.0951. The molecule has 0 amide bonds. The lowest BCUT2D eigenvalue weighted by molar-refractivity contribution is -0.0598. The van der Waals surface area contributed by atoms with E-state index in [0.717, 1.165) is 0 Å². The van der Waals surface area contributed by atoms with Crippen LogP contribution >= 0.6 is 0 Å². The van der Waals surface area contributed by atoms with E-state index in [9.17, 15) is 0 Å². The molecule has 1 fully saturated rings. The third-order valence-electron chi connectivity index (χ3n) is 1.92. The minimum absolute atomic E-state index is 0.101. The third kappa shape index (κ3) is 1.93. The standard InChI is InChI=1S/C6H13BO4/c1-7-10-4-6(2-8,3-9)5-11-7/h8-9H,2-5H2,1H3. The Labute approximate surface area is 66.3 Å². The Morgan fingerprint density at radius 1 is 1.27 bits per heavy atom. The zero-order valence-corrected chi connectivity index (χ0v) is 6.62. The highest BCUT2D eigenvalue weighted by Gasteiger charge is 2.36. The molecule has 2 N–H and O–H groups in total. The Balaban J connectivity index is 2.45. The molecule has 0 spiro atoms. The minimum atomic E-state index is -0.591. The fourth-order valence-electron chi connectivity index (χ4n) is 0.911. The first-order valence-electron chi connectivity index (χ1n) is 3.67. The second-order valence-electron chi connectivity index (χ2n) is 3.01. The number of hydrogen-bond donors (Lipinski definition) is 2. The van der Waals surface area contributed by atoms with E-state index in [1.54, 1.807) is 6.82 Å². The minimum Gasteiger partial charge on any atom is -0.410 e. The van der Waals surface area contributed by atoms with E-state index in [0.29, 0.717) is 13.2 Å². The van der Waals surface area contributed by atoms with Gasteiger partial charge in [0.2, 0.25) is 0 Å². The Morgan fingerprint density at radius 2 is 1.73 bits per heavy atom. The Kier molecular flexibility index (Phi) is 2.89. The molecule has 11 heavy (non-hydrogen) atoms. The van der Waals surface area contributed by atoms with Crippen molar-refractivity contribution < 1.29 is 19.5 Å². The predicted octanol–water partition coefficient (Wildman–Crippen LogP) is -0.878. The van der Waals surface area contributed by atoms with Gasteiger partial charge in [-0.25, -0.2) is 0 Å². The van der Waals surface area contributed by atoms with E-state index < -0.39 is 5.41 Å². The molecule has 0 aromatic rings. The van der Waals surface area contributed by atoms with Gasteiger partial charge in [-0.2, -0.15) is 0 Å². The molecule has 64 valence electrons. The monoisotopic (exact) mass is 160 g/mol. The van der Waals surface area contributed by atoms with E-state index in [1.165, 1.54) is 0 Å². The summed E-state index contributed by atoms with van der Waals surface area (Å²) in [5, 5.41) is 17.8. The number of rotatable bonds is 2. The summed E-state index contributed by atoms with van der Waals surface area (Å²) >= 11 is 0. The molecule has 0 aromatic heterocycles. The maximum absolute atomic E-state index is 8.91. The Bertz CT molecular complexity index is 116. The first kappa shape index (κ1) is 9.00. The highest BCUT2D eigenvalue weighted by molar-refractivity contribution is 6.42. The molecule has 0 saturated carbocycles. The van der Waals surface area contributed by atoms with Crippen LogP contribution in [0, 0.1) is 5.41 Å². The summed E-state index contributed by atoms with van der Waals surface area (Å²) in [4.78, 5) is 0. The molecule has 1 saturated heterocycles. The van der Waals surface area contributed by atoms with Crippen LogP contribution in [-0.2, 0) is 9.31 Å². The van der Waals surface area contributed by atoms with Crippen molar-refractivity contribution in [3.8, 4) is 0 Å². The second-order valence-corrected chi connectivity index (χ2v) is 3.01. The van der Waals surface area contributed by atoms with E-state index in [1.807, 2.05) is 0 Å². The highest BCUT2D eigenvalue weighted by atomic mass is 16.6. The fourth-order valence-corrected chi connectivity index (χ4v) is 0.911. The van der Waals surface area contributed by atoms with Gasteiger partial charge in [0.05, 0.1) is 18.6 Å². The summed E-state index contributed by atoms with van der Waals surface area (Å²) in [5.74, 6) is 0. The fraction of sp³-hybridized carbons (Fsp3) is 1.00. The number of hydrogen-bond acceptors (Lipinski definition) is 4. The molecule has 0 atom stereocenters. The van der Waals surface area contributed by atoms with Gasteiger partial charge in [-0.3, -0.25) is 0 Å². The van der Waals surface area contributed by atoms with Gasteiger partial charge >= 0.3 is 7.12 Å². The van der Waals surface area contributed by atoms with Crippen LogP contribution in [0.4, 0.5) is 0 Å². The highest BCUT2D eigenvalue weighted by Crippen LogP contribution is 2.21. The topological polar surface area (TPSA) is 58.9 Å². The first-order chi connectivity index (χ1) is 5.22. The summed E-state index contributed by atoms with van der Waals surface area (Å²) in [6.45, 7) is 2.31. The molecular weight excluding hydrogens is 147 g/mol. The molecule has 0 bridgehead atoms. The maximum Gasteiger partial charge on any atom is 0.453 e. The maximum atomic E-state index is 8.91. The van der Waals surface area contributed by atoms with Crippen molar-refractivity contribution in [1.82, 2.24) is 0 Å². The lowest BCUT2D eigenvalue weighted by Gasteiger charge is -2.35. The summed E-state index contributed by atoms with van der Waals surface area (Å²) < 4.78 is 10.3. The van der Waals surface area contributed by atoms with Crippen molar-refractivity contribution in [3.63, 3.8) is 0 Å². The van der Waals surface area contributed by atoms with Crippen LogP contribution in [0.25, 0.3) is 0 Å². The van der Waals surface area contributed by atoms with Crippen LogP contribution < -0.4 is 0 Å². The zero-order valence-electron chi connectivity index (χ0n) is 6.62. The molecule has 0 unspecified atom stereocenters. The van der Waals surface area contributed by atoms with Gasteiger partial charge in [0.1, 0.15) is 0 Å². The smallest absolute Gasteiger partial charge is 0.410 e. The van der Waals surface area contributed by atoms with Gasteiger partial charge in [0.15, 0.2) is 0 Å². The zero-order chi connectivity index (χ0) is 8.32. The van der Waals surface area contributed by atoms with E-state index in [4.69, 9.17) is 19.5 Å². The lowest BCUT2D eigenvalue weighted by Crippen LogP contribution is -2.47. The molecule has 1 heterocycles. The normalized spacial score (nSPS) is 23.7. The molecule has 0 aromatic carbocycles. The van der Waals surface area contributed by atoms with Crippen molar-refractivity contribution in [2.75, 3.05) is 26.4 Å². The number of aliphatic hydroxyl groups excluding tert-OH is 2. The molecule has 1 aliphatic rings. The van der Waals surface area contributed by atoms with Crippen molar-refractivity contribution in [2.24, 2.45) is 5.41 Å². The SMILES string of the molecule is CB1OCC(CO)(CO)CO1. The molecule has 4 nitrogen and oxygen atoms in total.